The van der Waals surface area contributed by atoms with Crippen LogP contribution >= 0.6 is 11.3 Å². The molecule has 26 heavy (non-hydrogen) atoms. The number of nitrogens with one attached hydrogen (secondary N) is 1. The Bertz CT molecular complexity index is 849. The monoisotopic (exact) mass is 398 g/mol. The first kappa shape index (κ1) is 18.8. The molecule has 2 heterocycles. The smallest absolute Gasteiger partial charge is 0.274 e. The number of amides is 1. The summed E-state index contributed by atoms with van der Waals surface area (Å²) >= 11 is 1.02. The number of anilines is 1. The zero-order valence-corrected chi connectivity index (χ0v) is 15.6. The van der Waals surface area contributed by atoms with Gasteiger partial charge in [0, 0.05) is 13.2 Å². The van der Waals surface area contributed by atoms with Crippen molar-refractivity contribution in [2.24, 2.45) is 0 Å². The van der Waals surface area contributed by atoms with E-state index in [4.69, 9.17) is 4.74 Å². The minimum atomic E-state index is -4.05. The number of ether oxygens (including phenoxy) is 1. The van der Waals surface area contributed by atoms with E-state index in [1.165, 1.54) is 24.3 Å². The number of nitrogens with zero attached hydrogens (tertiary/aromatic N) is 1. The minimum Gasteiger partial charge on any atom is -0.376 e. The quantitative estimate of drug-likeness (QED) is 0.777. The third kappa shape index (κ3) is 4.22. The number of sulfonamides is 1. The standard InChI is InChI=1S/C17H19FN2O4S2/c18-14-6-1-2-7-15(14)20(26(22,23)17-8-4-10-25-17)12-16(21)19-11-13-5-3-9-24-13/h1-2,4,6-8,10,13H,3,5,9,11-12H2,(H,19,21). The molecule has 0 saturated carbocycles. The normalized spacial score (nSPS) is 17.2. The van der Waals surface area contributed by atoms with E-state index < -0.39 is 28.3 Å². The second-order valence-corrected chi connectivity index (χ2v) is 8.87. The summed E-state index contributed by atoms with van der Waals surface area (Å²) < 4.78 is 46.3. The molecule has 1 unspecified atom stereocenters. The molecule has 1 amide bonds. The van der Waals surface area contributed by atoms with Gasteiger partial charge in [-0.1, -0.05) is 18.2 Å². The molecule has 1 aliphatic rings. The van der Waals surface area contributed by atoms with Crippen LogP contribution < -0.4 is 9.62 Å². The predicted octanol–water partition coefficient (Wildman–Crippen LogP) is 2.38. The SMILES string of the molecule is O=C(CN(c1ccccc1F)S(=O)(=O)c1cccs1)NCC1CCCO1. The number of para-hydroxylation sites is 1. The number of benzene rings is 1. The van der Waals surface area contributed by atoms with Gasteiger partial charge in [0.05, 0.1) is 11.8 Å². The van der Waals surface area contributed by atoms with E-state index in [-0.39, 0.29) is 16.0 Å². The second-order valence-electron chi connectivity index (χ2n) is 5.83. The first-order valence-electron chi connectivity index (χ1n) is 8.17. The number of hydrogen-bond acceptors (Lipinski definition) is 5. The largest absolute Gasteiger partial charge is 0.376 e. The van der Waals surface area contributed by atoms with E-state index in [1.54, 1.807) is 11.4 Å². The van der Waals surface area contributed by atoms with Gasteiger partial charge in [-0.25, -0.2) is 12.8 Å². The average molecular weight is 398 g/mol. The van der Waals surface area contributed by atoms with Crippen LogP contribution in [0.4, 0.5) is 10.1 Å². The molecule has 1 atom stereocenters. The maximum atomic E-state index is 14.2. The Morgan fingerprint density at radius 3 is 2.77 bits per heavy atom. The van der Waals surface area contributed by atoms with Crippen LogP contribution in [0.2, 0.25) is 0 Å². The highest BCUT2D eigenvalue weighted by Crippen LogP contribution is 2.28. The summed E-state index contributed by atoms with van der Waals surface area (Å²) in [6.45, 7) is 0.464. The number of hydrogen-bond donors (Lipinski definition) is 1. The van der Waals surface area contributed by atoms with Crippen molar-refractivity contribution < 1.29 is 22.3 Å². The minimum absolute atomic E-state index is 0.0488. The lowest BCUT2D eigenvalue weighted by Crippen LogP contribution is -2.43. The van der Waals surface area contributed by atoms with Crippen LogP contribution in [0, 0.1) is 5.82 Å². The lowest BCUT2D eigenvalue weighted by Gasteiger charge is -2.24. The van der Waals surface area contributed by atoms with Crippen LogP contribution in [0.5, 0.6) is 0 Å². The molecule has 1 aromatic heterocycles. The average Bonchev–Trinajstić information content (AvgIpc) is 3.32. The zero-order chi connectivity index (χ0) is 18.6. The molecule has 0 bridgehead atoms. The first-order chi connectivity index (χ1) is 12.5. The maximum Gasteiger partial charge on any atom is 0.274 e. The molecular formula is C17H19FN2O4S2. The van der Waals surface area contributed by atoms with E-state index in [9.17, 15) is 17.6 Å². The van der Waals surface area contributed by atoms with E-state index in [1.807, 2.05) is 0 Å². The highest BCUT2D eigenvalue weighted by Gasteiger charge is 2.30. The summed E-state index contributed by atoms with van der Waals surface area (Å²) in [5.41, 5.74) is -0.159. The fraction of sp³-hybridized carbons (Fsp3) is 0.353. The van der Waals surface area contributed by atoms with Gasteiger partial charge in [-0.3, -0.25) is 9.10 Å². The van der Waals surface area contributed by atoms with E-state index >= 15 is 0 Å². The van der Waals surface area contributed by atoms with Gasteiger partial charge in [0.1, 0.15) is 16.6 Å². The van der Waals surface area contributed by atoms with Crippen LogP contribution in [-0.4, -0.2) is 40.1 Å². The fourth-order valence-electron chi connectivity index (χ4n) is 2.69. The first-order valence-corrected chi connectivity index (χ1v) is 10.5. The van der Waals surface area contributed by atoms with E-state index in [2.05, 4.69) is 5.32 Å². The van der Waals surface area contributed by atoms with E-state index in [0.717, 1.165) is 34.6 Å². The molecule has 6 nitrogen and oxygen atoms in total. The van der Waals surface area contributed by atoms with E-state index in [0.29, 0.717) is 13.2 Å². The molecule has 9 heteroatoms. The van der Waals surface area contributed by atoms with Crippen LogP contribution in [0.25, 0.3) is 0 Å². The Hall–Kier alpha value is -1.97. The molecule has 0 spiro atoms. The molecule has 1 aliphatic heterocycles. The molecule has 0 radical (unpaired) electrons. The van der Waals surface area contributed by atoms with Crippen LogP contribution in [-0.2, 0) is 19.6 Å². The third-order valence-electron chi connectivity index (χ3n) is 4.00. The Kier molecular flexibility index (Phi) is 5.90. The molecule has 1 fully saturated rings. The molecule has 1 aromatic carbocycles. The van der Waals surface area contributed by atoms with Crippen LogP contribution in [0.15, 0.2) is 46.0 Å². The lowest BCUT2D eigenvalue weighted by atomic mass is 10.2. The van der Waals surface area contributed by atoms with Crippen molar-refractivity contribution >= 4 is 33.0 Å². The molecule has 0 aliphatic carbocycles. The Morgan fingerprint density at radius 1 is 1.31 bits per heavy atom. The van der Waals surface area contributed by atoms with Crippen molar-refractivity contribution in [3.8, 4) is 0 Å². The molecule has 2 aromatic rings. The fourth-order valence-corrected chi connectivity index (χ4v) is 5.23. The van der Waals surface area contributed by atoms with Crippen molar-refractivity contribution in [2.45, 2.75) is 23.2 Å². The summed E-state index contributed by atoms with van der Waals surface area (Å²) in [5, 5.41) is 4.29. The number of thiophene rings is 1. The topological polar surface area (TPSA) is 75.7 Å². The summed E-state index contributed by atoms with van der Waals surface area (Å²) in [6.07, 6.45) is 1.73. The van der Waals surface area contributed by atoms with Crippen molar-refractivity contribution in [1.82, 2.24) is 5.32 Å². The second kappa shape index (κ2) is 8.15. The summed E-state index contributed by atoms with van der Waals surface area (Å²) in [7, 11) is -4.05. The van der Waals surface area contributed by atoms with Gasteiger partial charge in [0.15, 0.2) is 0 Å². The van der Waals surface area contributed by atoms with Crippen molar-refractivity contribution in [1.29, 1.82) is 0 Å². The number of halogens is 1. The lowest BCUT2D eigenvalue weighted by molar-refractivity contribution is -0.120. The number of carbonyl (C=O) groups is 1. The molecule has 1 N–H and O–H groups in total. The van der Waals surface area contributed by atoms with Crippen LogP contribution in [0.3, 0.4) is 0 Å². The predicted molar refractivity (Wildman–Crippen MR) is 97.2 cm³/mol. The van der Waals surface area contributed by atoms with Gasteiger partial charge in [-0.2, -0.15) is 0 Å². The Labute approximate surface area is 155 Å². The maximum absolute atomic E-state index is 14.2. The highest BCUT2D eigenvalue weighted by atomic mass is 32.2. The summed E-state index contributed by atoms with van der Waals surface area (Å²) in [4.78, 5) is 12.3. The molecule has 1 saturated heterocycles. The number of rotatable bonds is 7. The summed E-state index contributed by atoms with van der Waals surface area (Å²) in [6, 6.07) is 8.52. The van der Waals surface area contributed by atoms with Crippen molar-refractivity contribution in [3.63, 3.8) is 0 Å². The van der Waals surface area contributed by atoms with Gasteiger partial charge >= 0.3 is 0 Å². The van der Waals surface area contributed by atoms with Crippen LogP contribution in [0.1, 0.15) is 12.8 Å². The molecular weight excluding hydrogens is 379 g/mol. The van der Waals surface area contributed by atoms with Crippen molar-refractivity contribution in [2.75, 3.05) is 24.0 Å². The van der Waals surface area contributed by atoms with Gasteiger partial charge in [-0.05, 0) is 36.4 Å². The van der Waals surface area contributed by atoms with Gasteiger partial charge < -0.3 is 10.1 Å². The van der Waals surface area contributed by atoms with Gasteiger partial charge in [-0.15, -0.1) is 11.3 Å². The zero-order valence-electron chi connectivity index (χ0n) is 13.9. The molecule has 140 valence electrons. The van der Waals surface area contributed by atoms with Crippen molar-refractivity contribution in [3.05, 3.63) is 47.6 Å². The van der Waals surface area contributed by atoms with Gasteiger partial charge in [0.2, 0.25) is 5.91 Å². The molecule has 3 rings (SSSR count). The highest BCUT2D eigenvalue weighted by molar-refractivity contribution is 7.94. The Balaban J connectivity index is 1.81. The Morgan fingerprint density at radius 2 is 2.12 bits per heavy atom. The third-order valence-corrected chi connectivity index (χ3v) is 7.13. The van der Waals surface area contributed by atoms with Gasteiger partial charge in [0.25, 0.3) is 10.0 Å². The number of carbonyl (C=O) groups excluding carboxylic acids is 1. The summed E-state index contributed by atoms with van der Waals surface area (Å²) in [5.74, 6) is -1.22.